The Morgan fingerprint density at radius 1 is 0.513 bits per heavy atom. The Morgan fingerprint density at radius 3 is 2.08 bits per heavy atom. The molecule has 0 aliphatic heterocycles. The molecule has 6 aromatic carbocycles. The highest BCUT2D eigenvalue weighted by molar-refractivity contribution is 6.20. The molecular formula is C37H25NO. The van der Waals surface area contributed by atoms with E-state index in [-0.39, 0.29) is 5.56 Å². The molecule has 8 rings (SSSR count). The largest absolute Gasteiger partial charge is 0.276 e. The van der Waals surface area contributed by atoms with Crippen LogP contribution in [0.5, 0.6) is 0 Å². The van der Waals surface area contributed by atoms with Crippen LogP contribution >= 0.6 is 0 Å². The van der Waals surface area contributed by atoms with Gasteiger partial charge in [0, 0.05) is 16.3 Å². The van der Waals surface area contributed by atoms with Gasteiger partial charge in [0.2, 0.25) is 0 Å². The van der Waals surface area contributed by atoms with Gasteiger partial charge in [-0.05, 0) is 91.8 Å². The van der Waals surface area contributed by atoms with Gasteiger partial charge in [-0.15, -0.1) is 0 Å². The fourth-order valence-corrected chi connectivity index (χ4v) is 6.43. The van der Waals surface area contributed by atoms with Crippen LogP contribution in [0.25, 0.3) is 72.2 Å². The Labute approximate surface area is 225 Å². The van der Waals surface area contributed by atoms with E-state index in [1.54, 1.807) is 0 Å². The zero-order valence-electron chi connectivity index (χ0n) is 21.4. The third-order valence-electron chi connectivity index (χ3n) is 8.19. The summed E-state index contributed by atoms with van der Waals surface area (Å²) in [6, 6.07) is 40.7. The highest BCUT2D eigenvalue weighted by Crippen LogP contribution is 2.39. The molecule has 39 heavy (non-hydrogen) atoms. The molecule has 1 aliphatic rings. The third kappa shape index (κ3) is 3.31. The zero-order valence-corrected chi connectivity index (χ0v) is 21.4. The van der Waals surface area contributed by atoms with Crippen molar-refractivity contribution in [2.75, 3.05) is 0 Å². The number of hydrogen-bond acceptors (Lipinski definition) is 1. The second-order valence-electron chi connectivity index (χ2n) is 10.4. The second-order valence-corrected chi connectivity index (χ2v) is 10.4. The summed E-state index contributed by atoms with van der Waals surface area (Å²) in [6.07, 6.45) is 6.20. The molecule has 184 valence electrons. The summed E-state index contributed by atoms with van der Waals surface area (Å²) in [5.74, 6) is 0. The highest BCUT2D eigenvalue weighted by atomic mass is 16.1. The van der Waals surface area contributed by atoms with Gasteiger partial charge in [0.1, 0.15) is 0 Å². The van der Waals surface area contributed by atoms with E-state index in [2.05, 4.69) is 97.1 Å². The van der Waals surface area contributed by atoms with Crippen LogP contribution in [0.3, 0.4) is 0 Å². The van der Waals surface area contributed by atoms with E-state index in [4.69, 9.17) is 0 Å². The first-order chi connectivity index (χ1) is 19.3. The maximum Gasteiger partial charge on any atom is 0.263 e. The fourth-order valence-electron chi connectivity index (χ4n) is 6.43. The van der Waals surface area contributed by atoms with Crippen molar-refractivity contribution in [2.45, 2.75) is 12.8 Å². The van der Waals surface area contributed by atoms with Crippen molar-refractivity contribution in [1.29, 1.82) is 0 Å². The van der Waals surface area contributed by atoms with Crippen LogP contribution < -0.4 is 16.0 Å². The van der Waals surface area contributed by atoms with Crippen LogP contribution in [0.1, 0.15) is 12.8 Å². The molecule has 0 N–H and O–H groups in total. The Morgan fingerprint density at radius 2 is 1.23 bits per heavy atom. The van der Waals surface area contributed by atoms with Crippen molar-refractivity contribution in [3.05, 3.63) is 136 Å². The van der Waals surface area contributed by atoms with Crippen LogP contribution in [0.2, 0.25) is 0 Å². The smallest absolute Gasteiger partial charge is 0.263 e. The van der Waals surface area contributed by atoms with Gasteiger partial charge in [0.05, 0.1) is 5.52 Å². The van der Waals surface area contributed by atoms with Crippen LogP contribution in [-0.4, -0.2) is 4.57 Å². The van der Waals surface area contributed by atoms with E-state index in [0.29, 0.717) is 0 Å². The second kappa shape index (κ2) is 8.54. The molecule has 0 atom stereocenters. The monoisotopic (exact) mass is 499 g/mol. The average Bonchev–Trinajstić information content (AvgIpc) is 3.00. The molecule has 1 heterocycles. The Bertz CT molecular complexity index is 2290. The molecule has 0 unspecified atom stereocenters. The number of benzene rings is 6. The van der Waals surface area contributed by atoms with Crippen LogP contribution in [0.15, 0.2) is 120 Å². The SMILES string of the molecule is O=c1c2c(c3cc(-c4c5ccccc5cc5c4ccc4ccccc45)ccc3n1-c1ccccc1)=CCCC=2. The van der Waals surface area contributed by atoms with E-state index >= 15 is 0 Å². The summed E-state index contributed by atoms with van der Waals surface area (Å²) in [6.45, 7) is 0. The van der Waals surface area contributed by atoms with Gasteiger partial charge in [-0.25, -0.2) is 0 Å². The number of rotatable bonds is 2. The lowest BCUT2D eigenvalue weighted by molar-refractivity contribution is 1.00. The summed E-state index contributed by atoms with van der Waals surface area (Å²) in [4.78, 5) is 13.8. The minimum absolute atomic E-state index is 0.0504. The summed E-state index contributed by atoms with van der Waals surface area (Å²) < 4.78 is 1.88. The Hall–Kier alpha value is -4.95. The van der Waals surface area contributed by atoms with Crippen molar-refractivity contribution in [2.24, 2.45) is 0 Å². The minimum atomic E-state index is 0.0504. The number of aromatic nitrogens is 1. The number of nitrogens with zero attached hydrogens (tertiary/aromatic N) is 1. The lowest BCUT2D eigenvalue weighted by Gasteiger charge is -2.17. The molecule has 7 aromatic rings. The van der Waals surface area contributed by atoms with Gasteiger partial charge < -0.3 is 0 Å². The molecule has 0 amide bonds. The van der Waals surface area contributed by atoms with Gasteiger partial charge in [0.15, 0.2) is 0 Å². The predicted octanol–water partition coefficient (Wildman–Crippen LogP) is 7.47. The van der Waals surface area contributed by atoms with Gasteiger partial charge in [-0.3, -0.25) is 9.36 Å². The third-order valence-corrected chi connectivity index (χ3v) is 8.19. The van der Waals surface area contributed by atoms with E-state index in [1.165, 1.54) is 43.4 Å². The van der Waals surface area contributed by atoms with Gasteiger partial charge in [-0.1, -0.05) is 97.1 Å². The summed E-state index contributed by atoms with van der Waals surface area (Å²) in [5, 5.41) is 10.5. The number of fused-ring (bicyclic) bond motifs is 7. The van der Waals surface area contributed by atoms with Gasteiger partial charge >= 0.3 is 0 Å². The van der Waals surface area contributed by atoms with Crippen LogP contribution in [0.4, 0.5) is 0 Å². The predicted molar refractivity (Wildman–Crippen MR) is 165 cm³/mol. The molecular weight excluding hydrogens is 474 g/mol. The molecule has 1 aliphatic carbocycles. The molecule has 2 nitrogen and oxygen atoms in total. The molecule has 0 spiro atoms. The first-order valence-corrected chi connectivity index (χ1v) is 13.6. The van der Waals surface area contributed by atoms with Gasteiger partial charge in [-0.2, -0.15) is 0 Å². The van der Waals surface area contributed by atoms with E-state index < -0.39 is 0 Å². The topological polar surface area (TPSA) is 22.0 Å². The van der Waals surface area contributed by atoms with E-state index in [1.807, 2.05) is 34.9 Å². The average molecular weight is 500 g/mol. The maximum atomic E-state index is 13.8. The zero-order chi connectivity index (χ0) is 25.9. The Balaban J connectivity index is 1.53. The Kier molecular flexibility index (Phi) is 4.83. The minimum Gasteiger partial charge on any atom is -0.276 e. The van der Waals surface area contributed by atoms with Crippen molar-refractivity contribution >= 4 is 55.4 Å². The molecule has 0 radical (unpaired) electrons. The fraction of sp³-hybridized carbons (Fsp3) is 0.0541. The number of para-hydroxylation sites is 1. The number of pyridine rings is 1. The standard InChI is InChI=1S/C37H25NO/c39-37-32-17-9-8-16-30(32)34-23-26(19-21-35(34)38(37)27-12-2-1-3-13-27)36-29-15-7-5-11-25(29)22-33-28-14-6-4-10-24(28)18-20-31(33)36/h1-7,10-23H,8-9H2. The highest BCUT2D eigenvalue weighted by Gasteiger charge is 2.16. The van der Waals surface area contributed by atoms with Crippen LogP contribution in [0, 0.1) is 0 Å². The van der Waals surface area contributed by atoms with E-state index in [9.17, 15) is 4.79 Å². The molecule has 1 aromatic heterocycles. The molecule has 2 heteroatoms. The van der Waals surface area contributed by atoms with Crippen molar-refractivity contribution in [3.63, 3.8) is 0 Å². The van der Waals surface area contributed by atoms with Crippen molar-refractivity contribution in [1.82, 2.24) is 4.57 Å². The van der Waals surface area contributed by atoms with E-state index in [0.717, 1.165) is 39.9 Å². The molecule has 0 saturated heterocycles. The van der Waals surface area contributed by atoms with Gasteiger partial charge in [0.25, 0.3) is 5.56 Å². The summed E-state index contributed by atoms with van der Waals surface area (Å²) in [7, 11) is 0. The molecule has 0 fully saturated rings. The maximum absolute atomic E-state index is 13.8. The summed E-state index contributed by atoms with van der Waals surface area (Å²) in [5.41, 5.74) is 4.29. The molecule has 0 bridgehead atoms. The number of hydrogen-bond donors (Lipinski definition) is 0. The van der Waals surface area contributed by atoms with Crippen molar-refractivity contribution in [3.8, 4) is 16.8 Å². The lowest BCUT2D eigenvalue weighted by Crippen LogP contribution is -2.45. The summed E-state index contributed by atoms with van der Waals surface area (Å²) >= 11 is 0. The lowest BCUT2D eigenvalue weighted by atomic mass is 9.89. The first-order valence-electron chi connectivity index (χ1n) is 13.6. The molecule has 0 saturated carbocycles. The van der Waals surface area contributed by atoms with Crippen LogP contribution in [-0.2, 0) is 0 Å². The normalized spacial score (nSPS) is 12.9. The van der Waals surface area contributed by atoms with Crippen molar-refractivity contribution < 1.29 is 0 Å². The first kappa shape index (κ1) is 22.1. The quantitative estimate of drug-likeness (QED) is 0.179.